The third-order valence-corrected chi connectivity index (χ3v) is 19.1. The van der Waals surface area contributed by atoms with E-state index in [2.05, 4.69) is 33.0 Å². The molecule has 3 aliphatic rings. The van der Waals surface area contributed by atoms with Crippen LogP contribution in [0, 0.1) is 34.5 Å². The summed E-state index contributed by atoms with van der Waals surface area (Å²) in [6, 6.07) is 17.1. The van der Waals surface area contributed by atoms with Gasteiger partial charge < -0.3 is 24.3 Å². The quantitative estimate of drug-likeness (QED) is 0.140. The highest BCUT2D eigenvalue weighted by molar-refractivity contribution is 6.74. The molecule has 0 unspecified atom stereocenters. The molecule has 2 aromatic carbocycles. The lowest BCUT2D eigenvalue weighted by molar-refractivity contribution is -0.204. The summed E-state index contributed by atoms with van der Waals surface area (Å²) in [6.45, 7) is 26.1. The second kappa shape index (κ2) is 15.7. The van der Waals surface area contributed by atoms with E-state index >= 15 is 4.79 Å². The lowest BCUT2D eigenvalue weighted by Crippen LogP contribution is -2.68. The van der Waals surface area contributed by atoms with Gasteiger partial charge in [-0.2, -0.15) is 0 Å². The molecule has 2 N–H and O–H groups in total. The van der Waals surface area contributed by atoms with Crippen molar-refractivity contribution in [3.05, 3.63) is 82.9 Å². The molecule has 3 aliphatic carbocycles. The van der Waals surface area contributed by atoms with Gasteiger partial charge in [0.05, 0.1) is 17.7 Å². The second-order valence-corrected chi connectivity index (χ2v) is 23.8. The summed E-state index contributed by atoms with van der Waals surface area (Å²) in [5.74, 6) is -3.41. The standard InChI is InChI=1S/C46H65NO8Si/c1-14-53-33-25-27(2)45(11)35(28(33)3)30(5)46(52)26-34(29(4)36(44(46,9)10)38(48)40(45)49)54-42(51)39(55-56(12,13)43(6,7)8)37(31-21-17-15-18-22-31)47-41(50)32-23-19-16-20-24-32/h15-24,27-28,30,33-35,37,39,52H,14,25-26H2,1-13H3,(H,47,50)/t27-,28-,30-,33+,34-,35-,37-,39+,45+,46+/m0/s1. The number of hydrogen-bond acceptors (Lipinski definition) is 8. The van der Waals surface area contributed by atoms with E-state index < -0.39 is 72.4 Å². The minimum Gasteiger partial charge on any atom is -0.456 e. The molecule has 0 spiro atoms. The van der Waals surface area contributed by atoms with Crippen LogP contribution >= 0.6 is 0 Å². The van der Waals surface area contributed by atoms with Gasteiger partial charge in [-0.15, -0.1) is 0 Å². The molecule has 0 aliphatic heterocycles. The monoisotopic (exact) mass is 787 g/mol. The molecule has 0 heterocycles. The van der Waals surface area contributed by atoms with Gasteiger partial charge in [0.15, 0.2) is 14.4 Å². The summed E-state index contributed by atoms with van der Waals surface area (Å²) in [5, 5.41) is 16.0. The Bertz CT molecular complexity index is 1830. The van der Waals surface area contributed by atoms with Crippen LogP contribution in [0.5, 0.6) is 0 Å². The molecule has 0 aromatic heterocycles. The molecule has 10 heteroatoms. The van der Waals surface area contributed by atoms with Gasteiger partial charge in [0.1, 0.15) is 6.10 Å². The van der Waals surface area contributed by atoms with Crippen LogP contribution in [0.15, 0.2) is 71.8 Å². The third kappa shape index (κ3) is 7.40. The van der Waals surface area contributed by atoms with E-state index in [0.29, 0.717) is 29.7 Å². The third-order valence-electron chi connectivity index (χ3n) is 14.6. The van der Waals surface area contributed by atoms with E-state index in [1.54, 1.807) is 31.2 Å². The lowest BCUT2D eigenvalue weighted by Gasteiger charge is -2.62. The van der Waals surface area contributed by atoms with E-state index in [4.69, 9.17) is 13.9 Å². The Hall–Kier alpha value is -3.44. The number of hydrogen-bond donors (Lipinski definition) is 2. The Morgan fingerprint density at radius 2 is 1.54 bits per heavy atom. The molecule has 0 radical (unpaired) electrons. The number of amides is 1. The highest BCUT2D eigenvalue weighted by atomic mass is 28.4. The summed E-state index contributed by atoms with van der Waals surface area (Å²) in [4.78, 5) is 58.3. The van der Waals surface area contributed by atoms with Crippen molar-refractivity contribution in [1.29, 1.82) is 0 Å². The molecule has 1 amide bonds. The molecule has 2 fully saturated rings. The van der Waals surface area contributed by atoms with Crippen molar-refractivity contribution in [2.45, 2.75) is 137 Å². The van der Waals surface area contributed by atoms with E-state index in [1.165, 1.54) is 0 Å². The maximum absolute atomic E-state index is 15.0. The fourth-order valence-corrected chi connectivity index (χ4v) is 11.2. The Morgan fingerprint density at radius 3 is 2.09 bits per heavy atom. The number of nitrogens with one attached hydrogen (secondary N) is 1. The van der Waals surface area contributed by atoms with Crippen LogP contribution in [0.25, 0.3) is 0 Å². The molecular formula is C46H65NO8Si. The lowest BCUT2D eigenvalue weighted by atomic mass is 9.43. The van der Waals surface area contributed by atoms with Crippen LogP contribution in [0.4, 0.5) is 0 Å². The maximum Gasteiger partial charge on any atom is 0.337 e. The number of Topliss-reactive ketones (excluding diaryl/α,β-unsaturated/α-hetero) is 2. The van der Waals surface area contributed by atoms with Crippen LogP contribution in [-0.2, 0) is 28.3 Å². The summed E-state index contributed by atoms with van der Waals surface area (Å²) in [6.07, 6.45) is -1.84. The fraction of sp³-hybridized carbons (Fsp3) is 0.609. The van der Waals surface area contributed by atoms with Crippen molar-refractivity contribution < 1.29 is 38.2 Å². The first-order chi connectivity index (χ1) is 26.0. The highest BCUT2D eigenvalue weighted by Gasteiger charge is 2.67. The summed E-state index contributed by atoms with van der Waals surface area (Å²) >= 11 is 0. The number of ketones is 2. The van der Waals surface area contributed by atoms with Crippen molar-refractivity contribution in [3.63, 3.8) is 0 Å². The second-order valence-electron chi connectivity index (χ2n) is 19.0. The van der Waals surface area contributed by atoms with Crippen LogP contribution in [0.1, 0.15) is 111 Å². The number of carbonyl (C=O) groups excluding carboxylic acids is 4. The van der Waals surface area contributed by atoms with E-state index in [9.17, 15) is 19.5 Å². The van der Waals surface area contributed by atoms with Gasteiger partial charge >= 0.3 is 5.97 Å². The molecule has 10 atom stereocenters. The largest absolute Gasteiger partial charge is 0.456 e. The zero-order valence-electron chi connectivity index (χ0n) is 35.8. The molecular weight excluding hydrogens is 723 g/mol. The molecule has 2 aromatic rings. The number of ether oxygens (including phenoxy) is 2. The van der Waals surface area contributed by atoms with Crippen molar-refractivity contribution in [1.82, 2.24) is 5.32 Å². The van der Waals surface area contributed by atoms with Crippen molar-refractivity contribution in [3.8, 4) is 0 Å². The number of carbonyl (C=O) groups is 4. The number of fused-ring (bicyclic) bond motifs is 3. The number of esters is 1. The van der Waals surface area contributed by atoms with Crippen molar-refractivity contribution >= 4 is 31.8 Å². The normalized spacial score (nSPS) is 31.8. The van der Waals surface area contributed by atoms with Gasteiger partial charge in [-0.1, -0.05) is 111 Å². The van der Waals surface area contributed by atoms with Gasteiger partial charge in [-0.3, -0.25) is 14.4 Å². The van der Waals surface area contributed by atoms with Gasteiger partial charge in [0, 0.05) is 35.0 Å². The van der Waals surface area contributed by atoms with Crippen LogP contribution in [0.2, 0.25) is 18.1 Å². The SMILES string of the molecule is CCO[C@@H]1C[C@H](C)[C@@]2(C)C(=O)C(=O)C3=C(C)[C@@H](OC(=O)[C@H](O[Si](C)(C)C(C)(C)C)[C@@H](NC(=O)c4ccccc4)c4ccccc4)C[C@@](O)([C@@H](C)[C@@H]2[C@H]1C)C3(C)C. The Kier molecular flexibility index (Phi) is 12.3. The first kappa shape index (κ1) is 43.7. The molecule has 0 saturated heterocycles. The molecule has 9 nitrogen and oxygen atoms in total. The Labute approximate surface area is 335 Å². The van der Waals surface area contributed by atoms with Gasteiger partial charge in [0.2, 0.25) is 11.6 Å². The minimum absolute atomic E-state index is 0.00980. The van der Waals surface area contributed by atoms with E-state index in [1.807, 2.05) is 91.0 Å². The molecule has 306 valence electrons. The number of benzene rings is 2. The zero-order valence-corrected chi connectivity index (χ0v) is 36.8. The van der Waals surface area contributed by atoms with Crippen molar-refractivity contribution in [2.24, 2.45) is 34.5 Å². The average molecular weight is 788 g/mol. The summed E-state index contributed by atoms with van der Waals surface area (Å²) in [5.41, 5.74) is -2.03. The molecule has 56 heavy (non-hydrogen) atoms. The highest BCUT2D eigenvalue weighted by Crippen LogP contribution is 2.62. The molecule has 2 saturated carbocycles. The molecule has 2 bridgehead atoms. The minimum atomic E-state index is -2.73. The zero-order chi connectivity index (χ0) is 41.8. The van der Waals surface area contributed by atoms with Crippen LogP contribution < -0.4 is 5.32 Å². The van der Waals surface area contributed by atoms with Gasteiger partial charge in [-0.05, 0) is 85.3 Å². The first-order valence-electron chi connectivity index (χ1n) is 20.4. The maximum atomic E-state index is 15.0. The van der Waals surface area contributed by atoms with E-state index in [0.717, 1.165) is 0 Å². The first-order valence-corrected chi connectivity index (χ1v) is 23.3. The number of aliphatic hydroxyl groups is 1. The van der Waals surface area contributed by atoms with Crippen LogP contribution in [0.3, 0.4) is 0 Å². The fourth-order valence-electron chi connectivity index (χ4n) is 10.0. The summed E-state index contributed by atoms with van der Waals surface area (Å²) < 4.78 is 19.7. The molecule has 5 rings (SSSR count). The van der Waals surface area contributed by atoms with Gasteiger partial charge in [-0.25, -0.2) is 4.79 Å². The van der Waals surface area contributed by atoms with Crippen LogP contribution in [-0.4, -0.2) is 67.4 Å². The average Bonchev–Trinajstić information content (AvgIpc) is 3.13. The predicted octanol–water partition coefficient (Wildman–Crippen LogP) is 8.43. The number of rotatable bonds is 10. The topological polar surface area (TPSA) is 128 Å². The van der Waals surface area contributed by atoms with Gasteiger partial charge in [0.25, 0.3) is 5.91 Å². The Balaban J connectivity index is 1.63. The Morgan fingerprint density at radius 1 is 0.964 bits per heavy atom. The predicted molar refractivity (Wildman–Crippen MR) is 220 cm³/mol. The van der Waals surface area contributed by atoms with Crippen molar-refractivity contribution in [2.75, 3.05) is 6.61 Å². The summed E-state index contributed by atoms with van der Waals surface area (Å²) in [7, 11) is -2.73. The van der Waals surface area contributed by atoms with E-state index in [-0.39, 0.29) is 40.9 Å². The smallest absolute Gasteiger partial charge is 0.337 e.